The molecule has 3 rings (SSSR count). The first kappa shape index (κ1) is 17.3. The second-order valence-electron chi connectivity index (χ2n) is 6.40. The summed E-state index contributed by atoms with van der Waals surface area (Å²) in [4.78, 5) is 28.5. The van der Waals surface area contributed by atoms with E-state index in [2.05, 4.69) is 15.5 Å². The number of aromatic nitrogens is 2. The highest BCUT2D eigenvalue weighted by Crippen LogP contribution is 2.29. The summed E-state index contributed by atoms with van der Waals surface area (Å²) in [6, 6.07) is 1.72. The molecule has 25 heavy (non-hydrogen) atoms. The molecule has 134 valence electrons. The van der Waals surface area contributed by atoms with Gasteiger partial charge in [0.25, 0.3) is 11.6 Å². The van der Waals surface area contributed by atoms with E-state index < -0.39 is 11.3 Å². The van der Waals surface area contributed by atoms with Gasteiger partial charge in [0.1, 0.15) is 0 Å². The smallest absolute Gasteiger partial charge is 0.257 e. The van der Waals surface area contributed by atoms with E-state index in [1.807, 2.05) is 6.92 Å². The van der Waals surface area contributed by atoms with Crippen molar-refractivity contribution in [1.82, 2.24) is 15.5 Å². The van der Waals surface area contributed by atoms with E-state index in [0.29, 0.717) is 37.3 Å². The summed E-state index contributed by atoms with van der Waals surface area (Å²) in [5.41, 5.74) is 6.41. The van der Waals surface area contributed by atoms with Crippen molar-refractivity contribution in [2.45, 2.75) is 32.6 Å². The highest BCUT2D eigenvalue weighted by molar-refractivity contribution is 5.97. The van der Waals surface area contributed by atoms with Crippen LogP contribution in [0.1, 0.15) is 42.2 Å². The summed E-state index contributed by atoms with van der Waals surface area (Å²) in [5.74, 6) is -0.709. The maximum Gasteiger partial charge on any atom is 0.257 e. The molecule has 1 saturated heterocycles. The minimum atomic E-state index is -0.754. The van der Waals surface area contributed by atoms with Gasteiger partial charge in [-0.25, -0.2) is 4.98 Å². The van der Waals surface area contributed by atoms with Gasteiger partial charge in [0.15, 0.2) is 0 Å². The lowest BCUT2D eigenvalue weighted by Crippen LogP contribution is -2.49. The molecule has 8 heteroatoms. The fraction of sp³-hybridized carbons (Fsp3) is 0.529. The van der Waals surface area contributed by atoms with Crippen LogP contribution in [0, 0.1) is 5.41 Å². The molecule has 8 nitrogen and oxygen atoms in total. The van der Waals surface area contributed by atoms with Crippen LogP contribution in [-0.2, 0) is 16.0 Å². The molecule has 0 radical (unpaired) electrons. The van der Waals surface area contributed by atoms with Gasteiger partial charge in [-0.1, -0.05) is 18.5 Å². The summed E-state index contributed by atoms with van der Waals surface area (Å²) in [7, 11) is 0. The van der Waals surface area contributed by atoms with Crippen LogP contribution in [0.4, 0.5) is 0 Å². The lowest BCUT2D eigenvalue weighted by atomic mass is 9.79. The number of amides is 2. The third kappa shape index (κ3) is 3.48. The molecule has 2 aromatic heterocycles. The van der Waals surface area contributed by atoms with Crippen molar-refractivity contribution in [1.29, 1.82) is 0 Å². The third-order valence-corrected chi connectivity index (χ3v) is 4.71. The fourth-order valence-corrected chi connectivity index (χ4v) is 3.04. The zero-order chi connectivity index (χ0) is 17.9. The summed E-state index contributed by atoms with van der Waals surface area (Å²) < 4.78 is 10.5. The number of carbonyl (C=O) groups excluding carboxylic acids is 2. The predicted octanol–water partition coefficient (Wildman–Crippen LogP) is 1.19. The predicted molar refractivity (Wildman–Crippen MR) is 89.8 cm³/mol. The average molecular weight is 346 g/mol. The van der Waals surface area contributed by atoms with Crippen molar-refractivity contribution in [2.75, 3.05) is 19.8 Å². The van der Waals surface area contributed by atoms with E-state index in [1.165, 1.54) is 6.20 Å². The monoisotopic (exact) mass is 346 g/mol. The summed E-state index contributed by atoms with van der Waals surface area (Å²) in [5, 5.41) is 7.55. The van der Waals surface area contributed by atoms with Crippen LogP contribution < -0.4 is 11.1 Å². The van der Waals surface area contributed by atoms with Gasteiger partial charge in [0.05, 0.1) is 22.1 Å². The molecule has 0 saturated carbocycles. The molecule has 0 unspecified atom stereocenters. The van der Waals surface area contributed by atoms with Gasteiger partial charge in [-0.15, -0.1) is 0 Å². The van der Waals surface area contributed by atoms with Crippen LogP contribution in [0.25, 0.3) is 11.1 Å². The molecule has 0 aromatic carbocycles. The van der Waals surface area contributed by atoms with Gasteiger partial charge in [0, 0.05) is 26.0 Å². The molecule has 2 aromatic rings. The zero-order valence-corrected chi connectivity index (χ0v) is 14.2. The Kier molecular flexibility index (Phi) is 4.98. The number of pyridine rings is 1. The van der Waals surface area contributed by atoms with Gasteiger partial charge >= 0.3 is 0 Å². The Balaban J connectivity index is 1.75. The van der Waals surface area contributed by atoms with Crippen LogP contribution in [0.5, 0.6) is 0 Å². The van der Waals surface area contributed by atoms with Crippen LogP contribution in [-0.4, -0.2) is 41.7 Å². The van der Waals surface area contributed by atoms with Gasteiger partial charge in [-0.3, -0.25) is 9.59 Å². The third-order valence-electron chi connectivity index (χ3n) is 4.71. The Bertz CT molecular complexity index is 780. The first-order valence-corrected chi connectivity index (χ1v) is 8.46. The molecular weight excluding hydrogens is 324 g/mol. The molecular formula is C17H22N4O4. The van der Waals surface area contributed by atoms with E-state index in [4.69, 9.17) is 15.0 Å². The summed E-state index contributed by atoms with van der Waals surface area (Å²) in [6.07, 6.45) is 4.13. The Labute approximate surface area is 145 Å². The van der Waals surface area contributed by atoms with Crippen LogP contribution in [0.3, 0.4) is 0 Å². The average Bonchev–Trinajstić information content (AvgIpc) is 3.03. The molecule has 2 amide bonds. The Morgan fingerprint density at radius 3 is 2.80 bits per heavy atom. The quantitative estimate of drug-likeness (QED) is 0.810. The van der Waals surface area contributed by atoms with Crippen LogP contribution in [0.2, 0.25) is 0 Å². The van der Waals surface area contributed by atoms with E-state index >= 15 is 0 Å². The van der Waals surface area contributed by atoms with Crippen molar-refractivity contribution < 1.29 is 18.8 Å². The second kappa shape index (κ2) is 7.18. The maximum atomic E-state index is 12.5. The number of rotatable bonds is 6. The second-order valence-corrected chi connectivity index (χ2v) is 6.40. The minimum absolute atomic E-state index is 0.189. The van der Waals surface area contributed by atoms with Gasteiger partial charge in [0.2, 0.25) is 5.91 Å². The molecule has 0 bridgehead atoms. The number of ether oxygens (including phenoxy) is 1. The van der Waals surface area contributed by atoms with Gasteiger partial charge in [-0.05, 0) is 25.3 Å². The number of aryl methyl sites for hydroxylation is 1. The molecule has 1 fully saturated rings. The van der Waals surface area contributed by atoms with E-state index in [1.54, 1.807) is 6.07 Å². The number of carbonyl (C=O) groups is 2. The van der Waals surface area contributed by atoms with Crippen molar-refractivity contribution in [2.24, 2.45) is 11.1 Å². The van der Waals surface area contributed by atoms with Crippen molar-refractivity contribution >= 4 is 22.9 Å². The van der Waals surface area contributed by atoms with Crippen LogP contribution >= 0.6 is 0 Å². The normalized spacial score (nSPS) is 16.7. The molecule has 1 aliphatic heterocycles. The molecule has 3 heterocycles. The SMILES string of the molecule is CCCc1noc2ncc(C(=O)NCC3(C(N)=O)CCOCC3)cc12. The number of primary amides is 1. The standard InChI is InChI=1S/C17H22N4O4/c1-2-3-13-12-8-11(9-19-15(12)25-21-13)14(22)20-10-17(16(18)23)4-6-24-7-5-17/h8-9H,2-7,10H2,1H3,(H2,18,23)(H,20,22). The van der Waals surface area contributed by atoms with Crippen LogP contribution in [0.15, 0.2) is 16.8 Å². The largest absolute Gasteiger partial charge is 0.381 e. The molecule has 3 N–H and O–H groups in total. The van der Waals surface area contributed by atoms with Gasteiger partial charge < -0.3 is 20.3 Å². The minimum Gasteiger partial charge on any atom is -0.381 e. The molecule has 0 atom stereocenters. The number of fused-ring (bicyclic) bond motifs is 1. The first-order valence-electron chi connectivity index (χ1n) is 8.46. The highest BCUT2D eigenvalue weighted by Gasteiger charge is 2.38. The van der Waals surface area contributed by atoms with Crippen molar-refractivity contribution in [3.8, 4) is 0 Å². The van der Waals surface area contributed by atoms with E-state index in [-0.39, 0.29) is 12.5 Å². The topological polar surface area (TPSA) is 120 Å². The summed E-state index contributed by atoms with van der Waals surface area (Å²) in [6.45, 7) is 3.16. The van der Waals surface area contributed by atoms with E-state index in [9.17, 15) is 9.59 Å². The van der Waals surface area contributed by atoms with Gasteiger partial charge in [-0.2, -0.15) is 0 Å². The highest BCUT2D eigenvalue weighted by atomic mass is 16.5. The molecule has 1 aliphatic rings. The van der Waals surface area contributed by atoms with E-state index in [0.717, 1.165) is 23.9 Å². The maximum absolute atomic E-state index is 12.5. The fourth-order valence-electron chi connectivity index (χ4n) is 3.04. The lowest BCUT2D eigenvalue weighted by molar-refractivity contribution is -0.132. The Morgan fingerprint density at radius 1 is 1.36 bits per heavy atom. The lowest BCUT2D eigenvalue weighted by Gasteiger charge is -2.34. The van der Waals surface area contributed by atoms with Crippen molar-refractivity contribution in [3.05, 3.63) is 23.5 Å². The molecule has 0 spiro atoms. The molecule has 0 aliphatic carbocycles. The van der Waals surface area contributed by atoms with Crippen molar-refractivity contribution in [3.63, 3.8) is 0 Å². The number of nitrogens with one attached hydrogen (secondary N) is 1. The number of nitrogens with two attached hydrogens (primary N) is 1. The Hall–Kier alpha value is -2.48. The number of hydrogen-bond acceptors (Lipinski definition) is 6. The summed E-state index contributed by atoms with van der Waals surface area (Å²) >= 11 is 0. The Morgan fingerprint density at radius 2 is 2.12 bits per heavy atom. The number of nitrogens with zero attached hydrogens (tertiary/aromatic N) is 2. The first-order chi connectivity index (χ1) is 12.1. The number of hydrogen-bond donors (Lipinski definition) is 2. The zero-order valence-electron chi connectivity index (χ0n) is 14.2.